The number of imidazole rings is 1. The molecule has 1 aromatic carbocycles. The lowest BCUT2D eigenvalue weighted by Crippen LogP contribution is -2.34. The van der Waals surface area contributed by atoms with Crippen LogP contribution in [-0.4, -0.2) is 39.2 Å². The molecule has 1 saturated heterocycles. The Morgan fingerprint density at radius 2 is 1.97 bits per heavy atom. The fourth-order valence-electron chi connectivity index (χ4n) is 4.25. The van der Waals surface area contributed by atoms with E-state index in [9.17, 15) is 9.59 Å². The van der Waals surface area contributed by atoms with Crippen molar-refractivity contribution in [2.24, 2.45) is 5.41 Å². The predicted molar refractivity (Wildman–Crippen MR) is 114 cm³/mol. The lowest BCUT2D eigenvalue weighted by Gasteiger charge is -2.20. The number of nitrogens with zero attached hydrogens (tertiary/aromatic N) is 3. The summed E-state index contributed by atoms with van der Waals surface area (Å²) >= 11 is 0. The van der Waals surface area contributed by atoms with Crippen molar-refractivity contribution in [1.82, 2.24) is 19.6 Å². The van der Waals surface area contributed by atoms with Crippen LogP contribution in [0, 0.1) is 5.41 Å². The molecule has 2 aromatic heterocycles. The molecule has 0 spiro atoms. The second kappa shape index (κ2) is 7.27. The standard InChI is InChI=1S/C24H26N4O2/c1-24(8-9-24)23(30)28-12-7-20(16-28)18-2-4-19(5-3-18)22(29)26-15-17-6-11-27-13-10-25-21(27)14-17/h2-6,10-11,13-14,20H,7-9,12,15-16H2,1H3,(H,26,29). The second-order valence-electron chi connectivity index (χ2n) is 8.83. The van der Waals surface area contributed by atoms with Crippen molar-refractivity contribution >= 4 is 17.5 Å². The van der Waals surface area contributed by atoms with Crippen LogP contribution < -0.4 is 5.32 Å². The number of amides is 2. The maximum Gasteiger partial charge on any atom is 0.251 e. The molecule has 1 aliphatic carbocycles. The Morgan fingerprint density at radius 1 is 1.17 bits per heavy atom. The molecule has 1 unspecified atom stereocenters. The lowest BCUT2D eigenvalue weighted by molar-refractivity contribution is -0.135. The molecule has 2 aliphatic rings. The lowest BCUT2D eigenvalue weighted by atomic mass is 9.97. The van der Waals surface area contributed by atoms with Crippen LogP contribution in [0.4, 0.5) is 0 Å². The largest absolute Gasteiger partial charge is 0.348 e. The van der Waals surface area contributed by atoms with Crippen LogP contribution in [0.5, 0.6) is 0 Å². The fourth-order valence-corrected chi connectivity index (χ4v) is 4.25. The summed E-state index contributed by atoms with van der Waals surface area (Å²) in [6.07, 6.45) is 8.62. The number of aromatic nitrogens is 2. The summed E-state index contributed by atoms with van der Waals surface area (Å²) < 4.78 is 1.94. The van der Waals surface area contributed by atoms with Gasteiger partial charge in [0.25, 0.3) is 5.91 Å². The Morgan fingerprint density at radius 3 is 2.73 bits per heavy atom. The average Bonchev–Trinajstić information content (AvgIpc) is 3.18. The Bertz CT molecular complexity index is 1100. The normalized spacial score (nSPS) is 19.8. The number of pyridine rings is 1. The maximum atomic E-state index is 12.6. The zero-order valence-corrected chi connectivity index (χ0v) is 17.2. The van der Waals surface area contributed by atoms with Crippen molar-refractivity contribution in [3.8, 4) is 0 Å². The van der Waals surface area contributed by atoms with Crippen LogP contribution in [0.25, 0.3) is 5.65 Å². The number of benzene rings is 1. The predicted octanol–water partition coefficient (Wildman–Crippen LogP) is 3.38. The topological polar surface area (TPSA) is 66.7 Å². The molecule has 1 saturated carbocycles. The van der Waals surface area contributed by atoms with E-state index in [1.54, 1.807) is 6.20 Å². The first-order valence-corrected chi connectivity index (χ1v) is 10.6. The Balaban J connectivity index is 1.18. The molecule has 2 fully saturated rings. The molecular formula is C24H26N4O2. The summed E-state index contributed by atoms with van der Waals surface area (Å²) in [4.78, 5) is 31.4. The molecule has 0 bridgehead atoms. The summed E-state index contributed by atoms with van der Waals surface area (Å²) in [5.41, 5.74) is 3.63. The van der Waals surface area contributed by atoms with Crippen molar-refractivity contribution < 1.29 is 9.59 Å². The number of fused-ring (bicyclic) bond motifs is 1. The smallest absolute Gasteiger partial charge is 0.251 e. The first-order valence-electron chi connectivity index (χ1n) is 10.6. The third-order valence-corrected chi connectivity index (χ3v) is 6.55. The van der Waals surface area contributed by atoms with E-state index in [0.29, 0.717) is 23.9 Å². The van der Waals surface area contributed by atoms with E-state index in [-0.39, 0.29) is 11.3 Å². The van der Waals surface area contributed by atoms with Crippen LogP contribution in [0.2, 0.25) is 0 Å². The summed E-state index contributed by atoms with van der Waals surface area (Å²) in [5, 5.41) is 2.98. The van der Waals surface area contributed by atoms with E-state index in [1.807, 2.05) is 58.1 Å². The third kappa shape index (κ3) is 3.58. The number of hydrogen-bond acceptors (Lipinski definition) is 3. The molecular weight excluding hydrogens is 376 g/mol. The zero-order valence-electron chi connectivity index (χ0n) is 17.2. The molecule has 154 valence electrons. The SMILES string of the molecule is CC1(C(=O)N2CCC(c3ccc(C(=O)NCc4ccn5ccnc5c4)cc3)C2)CC1. The molecule has 1 atom stereocenters. The van der Waals surface area contributed by atoms with Gasteiger partial charge in [0.15, 0.2) is 0 Å². The highest BCUT2D eigenvalue weighted by molar-refractivity contribution is 5.94. The molecule has 6 nitrogen and oxygen atoms in total. The number of carbonyl (C=O) groups excluding carboxylic acids is 2. The van der Waals surface area contributed by atoms with Crippen LogP contribution in [0.15, 0.2) is 55.0 Å². The third-order valence-electron chi connectivity index (χ3n) is 6.55. The van der Waals surface area contributed by atoms with Crippen molar-refractivity contribution in [3.63, 3.8) is 0 Å². The summed E-state index contributed by atoms with van der Waals surface area (Å²) in [6, 6.07) is 11.8. The Labute approximate surface area is 175 Å². The zero-order chi connectivity index (χ0) is 20.7. The van der Waals surface area contributed by atoms with Crippen molar-refractivity contribution in [2.75, 3.05) is 13.1 Å². The summed E-state index contributed by atoms with van der Waals surface area (Å²) in [7, 11) is 0. The van der Waals surface area contributed by atoms with E-state index in [2.05, 4.69) is 17.2 Å². The monoisotopic (exact) mass is 402 g/mol. The Kier molecular flexibility index (Phi) is 4.57. The molecule has 6 heteroatoms. The number of rotatable bonds is 5. The summed E-state index contributed by atoms with van der Waals surface area (Å²) in [5.74, 6) is 0.582. The van der Waals surface area contributed by atoms with E-state index in [0.717, 1.165) is 43.6 Å². The van der Waals surface area contributed by atoms with Gasteiger partial charge < -0.3 is 14.6 Å². The van der Waals surface area contributed by atoms with Gasteiger partial charge in [0.05, 0.1) is 0 Å². The number of nitrogens with one attached hydrogen (secondary N) is 1. The fraction of sp³-hybridized carbons (Fsp3) is 0.375. The van der Waals surface area contributed by atoms with Crippen LogP contribution in [-0.2, 0) is 11.3 Å². The van der Waals surface area contributed by atoms with Crippen molar-refractivity contribution in [2.45, 2.75) is 38.6 Å². The Hall–Kier alpha value is -3.15. The van der Waals surface area contributed by atoms with Crippen LogP contribution >= 0.6 is 0 Å². The highest BCUT2D eigenvalue weighted by atomic mass is 16.2. The minimum Gasteiger partial charge on any atom is -0.348 e. The number of likely N-dealkylation sites (tertiary alicyclic amines) is 1. The van der Waals surface area contributed by atoms with Gasteiger partial charge in [-0.1, -0.05) is 19.1 Å². The molecule has 0 radical (unpaired) electrons. The van der Waals surface area contributed by atoms with E-state index in [4.69, 9.17) is 0 Å². The molecule has 3 aromatic rings. The highest BCUT2D eigenvalue weighted by Crippen LogP contribution is 2.47. The second-order valence-corrected chi connectivity index (χ2v) is 8.83. The van der Waals surface area contributed by atoms with Crippen LogP contribution in [0.3, 0.4) is 0 Å². The van der Waals surface area contributed by atoms with Gasteiger partial charge in [0.1, 0.15) is 5.65 Å². The van der Waals surface area contributed by atoms with E-state index in [1.165, 1.54) is 5.56 Å². The van der Waals surface area contributed by atoms with Gasteiger partial charge in [-0.25, -0.2) is 4.98 Å². The number of hydrogen-bond donors (Lipinski definition) is 1. The molecule has 1 N–H and O–H groups in total. The maximum absolute atomic E-state index is 12.6. The minimum atomic E-state index is -0.0983. The molecule has 5 rings (SSSR count). The first kappa shape index (κ1) is 18.9. The van der Waals surface area contributed by atoms with Gasteiger partial charge in [-0.05, 0) is 54.7 Å². The highest BCUT2D eigenvalue weighted by Gasteiger charge is 2.48. The molecule has 2 amide bonds. The first-order chi connectivity index (χ1) is 14.5. The van der Waals surface area contributed by atoms with Gasteiger partial charge >= 0.3 is 0 Å². The van der Waals surface area contributed by atoms with Gasteiger partial charge in [-0.2, -0.15) is 0 Å². The van der Waals surface area contributed by atoms with Crippen molar-refractivity contribution in [1.29, 1.82) is 0 Å². The quantitative estimate of drug-likeness (QED) is 0.711. The van der Waals surface area contributed by atoms with Gasteiger partial charge in [-0.3, -0.25) is 9.59 Å². The minimum absolute atomic E-state index is 0.0883. The van der Waals surface area contributed by atoms with Gasteiger partial charge in [0.2, 0.25) is 5.91 Å². The van der Waals surface area contributed by atoms with E-state index >= 15 is 0 Å². The van der Waals surface area contributed by atoms with E-state index < -0.39 is 0 Å². The molecule has 1 aliphatic heterocycles. The summed E-state index contributed by atoms with van der Waals surface area (Å²) in [6.45, 7) is 4.16. The van der Waals surface area contributed by atoms with Crippen LogP contribution in [0.1, 0.15) is 53.6 Å². The van der Waals surface area contributed by atoms with Gasteiger partial charge in [-0.15, -0.1) is 0 Å². The molecule has 3 heterocycles. The number of carbonyl (C=O) groups is 2. The average molecular weight is 402 g/mol. The molecule has 30 heavy (non-hydrogen) atoms. The van der Waals surface area contributed by atoms with Crippen molar-refractivity contribution in [3.05, 3.63) is 71.7 Å². The van der Waals surface area contributed by atoms with Gasteiger partial charge in [0, 0.05) is 55.1 Å².